The number of carbonyl (C=O) groups is 3. The zero-order valence-electron chi connectivity index (χ0n) is 17.2. The maximum absolute atomic E-state index is 12.6. The number of rotatable bonds is 6. The highest BCUT2D eigenvalue weighted by molar-refractivity contribution is 6.06. The molecule has 0 N–H and O–H groups in total. The quantitative estimate of drug-likeness (QED) is 0.511. The van der Waals surface area contributed by atoms with Crippen LogP contribution in [0.3, 0.4) is 0 Å². The lowest BCUT2D eigenvalue weighted by Crippen LogP contribution is -2.27. The van der Waals surface area contributed by atoms with E-state index in [4.69, 9.17) is 18.6 Å². The zero-order chi connectivity index (χ0) is 22.4. The van der Waals surface area contributed by atoms with Crippen LogP contribution in [0.5, 0.6) is 0 Å². The van der Waals surface area contributed by atoms with Crippen molar-refractivity contribution in [2.24, 2.45) is 0 Å². The Morgan fingerprint density at radius 2 is 1.77 bits per heavy atom. The minimum absolute atomic E-state index is 0.00812. The highest BCUT2D eigenvalue weighted by Crippen LogP contribution is 2.35. The smallest absolute Gasteiger partial charge is 0.360 e. The molecule has 2 aromatic rings. The fraction of sp³-hybridized carbons (Fsp3) is 0.182. The van der Waals surface area contributed by atoms with Crippen LogP contribution in [0.15, 0.2) is 70.6 Å². The summed E-state index contributed by atoms with van der Waals surface area (Å²) in [5, 5.41) is 0. The predicted molar refractivity (Wildman–Crippen MR) is 110 cm³/mol. The molecule has 0 unspecified atom stereocenters. The van der Waals surface area contributed by atoms with Gasteiger partial charge in [-0.05, 0) is 31.2 Å². The number of allylic oxidation sites excluding steroid dienone is 2. The second-order valence-electron chi connectivity index (χ2n) is 6.09. The van der Waals surface area contributed by atoms with Gasteiger partial charge in [-0.15, -0.1) is 0 Å². The van der Waals surface area contributed by atoms with Crippen LogP contribution in [0, 0.1) is 0 Å². The van der Waals surface area contributed by atoms with Gasteiger partial charge in [-0.25, -0.2) is 19.4 Å². The summed E-state index contributed by atoms with van der Waals surface area (Å²) < 4.78 is 20.2. The number of methoxy groups -OCH3 is 2. The Morgan fingerprint density at radius 1 is 1.03 bits per heavy atom. The topological polar surface area (TPSA) is 108 Å². The van der Waals surface area contributed by atoms with Crippen molar-refractivity contribution in [3.63, 3.8) is 0 Å². The van der Waals surface area contributed by atoms with Crippen LogP contribution in [0.4, 0.5) is 5.69 Å². The van der Waals surface area contributed by atoms with Gasteiger partial charge in [0.2, 0.25) is 5.89 Å². The van der Waals surface area contributed by atoms with E-state index in [0.29, 0.717) is 11.3 Å². The molecule has 2 heterocycles. The molecule has 0 aliphatic carbocycles. The fourth-order valence-corrected chi connectivity index (χ4v) is 2.91. The van der Waals surface area contributed by atoms with Crippen molar-refractivity contribution in [1.29, 1.82) is 0 Å². The fourth-order valence-electron chi connectivity index (χ4n) is 2.91. The molecule has 0 fully saturated rings. The van der Waals surface area contributed by atoms with Crippen LogP contribution in [-0.2, 0) is 23.8 Å². The Bertz CT molecular complexity index is 1090. The molecule has 9 nitrogen and oxygen atoms in total. The first-order valence-electron chi connectivity index (χ1n) is 9.28. The third-order valence-electron chi connectivity index (χ3n) is 4.27. The minimum atomic E-state index is -0.744. The summed E-state index contributed by atoms with van der Waals surface area (Å²) in [7, 11) is 2.44. The van der Waals surface area contributed by atoms with Crippen molar-refractivity contribution in [3.05, 3.63) is 71.9 Å². The van der Waals surface area contributed by atoms with E-state index >= 15 is 0 Å². The number of ether oxygens (including phenoxy) is 3. The standard InChI is InChI=1S/C22H20N2O7/c1-4-30-21(26)16-13-31-19(23-16)14-9-5-6-11-17(14)24-12-8-7-10-15(20(25)28-2)18(24)22(27)29-3/h5-13H,4H2,1-3H3. The van der Waals surface area contributed by atoms with Crippen LogP contribution in [0.2, 0.25) is 0 Å². The van der Waals surface area contributed by atoms with E-state index in [1.807, 2.05) is 0 Å². The van der Waals surface area contributed by atoms with E-state index in [2.05, 4.69) is 4.98 Å². The Hall–Kier alpha value is -4.14. The van der Waals surface area contributed by atoms with Gasteiger partial charge in [-0.1, -0.05) is 18.2 Å². The number of hydrogen-bond donors (Lipinski definition) is 0. The maximum Gasteiger partial charge on any atom is 0.360 e. The lowest BCUT2D eigenvalue weighted by atomic mass is 10.1. The summed E-state index contributed by atoms with van der Waals surface area (Å²) in [4.78, 5) is 42.6. The predicted octanol–water partition coefficient (Wildman–Crippen LogP) is 3.01. The van der Waals surface area contributed by atoms with Crippen LogP contribution in [0.1, 0.15) is 17.4 Å². The SMILES string of the molecule is CCOC(=O)c1coc(-c2ccccc2N2C=CC=CC(C(=O)OC)=C2C(=O)OC)n1. The molecular weight excluding hydrogens is 404 g/mol. The Balaban J connectivity index is 2.15. The number of oxazole rings is 1. The van der Waals surface area contributed by atoms with Crippen molar-refractivity contribution in [1.82, 2.24) is 4.98 Å². The Labute approximate surface area is 178 Å². The number of anilines is 1. The van der Waals surface area contributed by atoms with Gasteiger partial charge in [0.05, 0.1) is 37.7 Å². The molecular formula is C22H20N2O7. The number of para-hydroxylation sites is 1. The second-order valence-corrected chi connectivity index (χ2v) is 6.09. The van der Waals surface area contributed by atoms with Crippen LogP contribution >= 0.6 is 0 Å². The highest BCUT2D eigenvalue weighted by atomic mass is 16.5. The monoisotopic (exact) mass is 424 g/mol. The first-order chi connectivity index (χ1) is 15.0. The van der Waals surface area contributed by atoms with Crippen molar-refractivity contribution in [2.75, 3.05) is 25.7 Å². The molecule has 0 spiro atoms. The van der Waals surface area contributed by atoms with Gasteiger partial charge >= 0.3 is 17.9 Å². The summed E-state index contributed by atoms with van der Waals surface area (Å²) >= 11 is 0. The lowest BCUT2D eigenvalue weighted by Gasteiger charge is -2.24. The van der Waals surface area contributed by atoms with Gasteiger partial charge < -0.3 is 23.5 Å². The largest absolute Gasteiger partial charge is 0.465 e. The van der Waals surface area contributed by atoms with Gasteiger partial charge in [-0.3, -0.25) is 0 Å². The van der Waals surface area contributed by atoms with Gasteiger partial charge in [0.1, 0.15) is 12.0 Å². The normalized spacial score (nSPS) is 13.1. The molecule has 1 aliphatic rings. The minimum Gasteiger partial charge on any atom is -0.465 e. The molecule has 0 saturated heterocycles. The van der Waals surface area contributed by atoms with Crippen LogP contribution in [0.25, 0.3) is 11.5 Å². The van der Waals surface area contributed by atoms with E-state index in [0.717, 1.165) is 0 Å². The first kappa shape index (κ1) is 21.6. The van der Waals surface area contributed by atoms with Gasteiger partial charge in [0.25, 0.3) is 0 Å². The van der Waals surface area contributed by atoms with Gasteiger partial charge in [0, 0.05) is 6.20 Å². The van der Waals surface area contributed by atoms with Crippen molar-refractivity contribution >= 4 is 23.6 Å². The number of esters is 3. The van der Waals surface area contributed by atoms with E-state index in [1.54, 1.807) is 49.5 Å². The second kappa shape index (κ2) is 9.57. The molecule has 9 heteroatoms. The summed E-state index contributed by atoms with van der Waals surface area (Å²) in [6, 6.07) is 6.90. The third kappa shape index (κ3) is 4.40. The molecule has 0 amide bonds. The maximum atomic E-state index is 12.6. The van der Waals surface area contributed by atoms with E-state index in [1.165, 1.54) is 31.5 Å². The first-order valence-corrected chi connectivity index (χ1v) is 9.28. The zero-order valence-corrected chi connectivity index (χ0v) is 17.2. The summed E-state index contributed by atoms with van der Waals surface area (Å²) in [5.74, 6) is -1.93. The van der Waals surface area contributed by atoms with Gasteiger partial charge in [0.15, 0.2) is 5.69 Å². The number of nitrogens with zero attached hydrogens (tertiary/aromatic N) is 2. The molecule has 1 aromatic carbocycles. The average molecular weight is 424 g/mol. The third-order valence-corrected chi connectivity index (χ3v) is 4.27. The molecule has 0 saturated carbocycles. The van der Waals surface area contributed by atoms with Crippen molar-refractivity contribution < 1.29 is 33.0 Å². The molecule has 3 rings (SSSR count). The Morgan fingerprint density at radius 3 is 2.48 bits per heavy atom. The number of carbonyl (C=O) groups excluding carboxylic acids is 3. The highest BCUT2D eigenvalue weighted by Gasteiger charge is 2.29. The van der Waals surface area contributed by atoms with Crippen molar-refractivity contribution in [3.8, 4) is 11.5 Å². The van der Waals surface area contributed by atoms with Crippen molar-refractivity contribution in [2.45, 2.75) is 6.92 Å². The van der Waals surface area contributed by atoms with E-state index in [-0.39, 0.29) is 29.5 Å². The molecule has 1 aromatic heterocycles. The van der Waals surface area contributed by atoms with E-state index in [9.17, 15) is 14.4 Å². The number of hydrogen-bond acceptors (Lipinski definition) is 9. The molecule has 0 atom stereocenters. The number of benzene rings is 1. The van der Waals surface area contributed by atoms with Crippen LogP contribution < -0.4 is 4.90 Å². The summed E-state index contributed by atoms with van der Waals surface area (Å²) in [5.41, 5.74) is 0.896. The lowest BCUT2D eigenvalue weighted by molar-refractivity contribution is -0.139. The van der Waals surface area contributed by atoms with Crippen LogP contribution in [-0.4, -0.2) is 43.7 Å². The number of aromatic nitrogens is 1. The molecule has 1 aliphatic heterocycles. The Kier molecular flexibility index (Phi) is 6.66. The average Bonchev–Trinajstić information content (AvgIpc) is 3.18. The molecule has 0 bridgehead atoms. The molecule has 0 radical (unpaired) electrons. The van der Waals surface area contributed by atoms with E-state index < -0.39 is 17.9 Å². The summed E-state index contributed by atoms with van der Waals surface area (Å²) in [6.45, 7) is 1.89. The molecule has 31 heavy (non-hydrogen) atoms. The van der Waals surface area contributed by atoms with Gasteiger partial charge in [-0.2, -0.15) is 0 Å². The molecule has 160 valence electrons. The summed E-state index contributed by atoms with van der Waals surface area (Å²) in [6.07, 6.45) is 7.49.